The summed E-state index contributed by atoms with van der Waals surface area (Å²) in [5, 5.41) is 3.59. The van der Waals surface area contributed by atoms with Crippen molar-refractivity contribution in [3.8, 4) is 0 Å². The molecular weight excluding hydrogens is 268 g/mol. The van der Waals surface area contributed by atoms with Crippen LogP contribution in [0.5, 0.6) is 0 Å². The van der Waals surface area contributed by atoms with E-state index in [1.54, 1.807) is 24.4 Å². The van der Waals surface area contributed by atoms with E-state index in [2.05, 4.69) is 19.6 Å². The number of aromatic amines is 1. The molecule has 8 heteroatoms. The minimum atomic E-state index is -0.588. The third-order valence-corrected chi connectivity index (χ3v) is 3.81. The van der Waals surface area contributed by atoms with Gasteiger partial charge in [0.15, 0.2) is 5.82 Å². The summed E-state index contributed by atoms with van der Waals surface area (Å²) in [6, 6.07) is -0.116. The van der Waals surface area contributed by atoms with Crippen LogP contribution in [0.2, 0.25) is 0 Å². The van der Waals surface area contributed by atoms with Gasteiger partial charge in [0.05, 0.1) is 11.2 Å². The number of amides is 1. The number of rotatable bonds is 4. The Bertz CT molecular complexity index is 630. The summed E-state index contributed by atoms with van der Waals surface area (Å²) in [5.74, 6) is -0.244. The smallest absolute Gasteiger partial charge is 0.338 e. The number of thiazole rings is 1. The van der Waals surface area contributed by atoms with E-state index in [-0.39, 0.29) is 11.9 Å². The number of hydrogen-bond donors (Lipinski definition) is 1. The second-order valence-corrected chi connectivity index (χ2v) is 5.13. The van der Waals surface area contributed by atoms with E-state index in [0.717, 1.165) is 5.69 Å². The fourth-order valence-electron chi connectivity index (χ4n) is 1.63. The second kappa shape index (κ2) is 5.35. The van der Waals surface area contributed by atoms with Crippen molar-refractivity contribution in [2.45, 2.75) is 26.3 Å². The number of carbonyl (C=O) groups is 1. The molecule has 7 nitrogen and oxygen atoms in total. The lowest BCUT2D eigenvalue weighted by Crippen LogP contribution is -2.36. The Balaban J connectivity index is 2.07. The fraction of sp³-hybridized carbons (Fsp3) is 0.455. The number of hydrogen-bond acceptors (Lipinski definition) is 6. The van der Waals surface area contributed by atoms with Crippen molar-refractivity contribution >= 4 is 17.2 Å². The summed E-state index contributed by atoms with van der Waals surface area (Å²) in [7, 11) is 1.71. The van der Waals surface area contributed by atoms with Crippen molar-refractivity contribution in [3.63, 3.8) is 0 Å². The molecule has 1 N–H and O–H groups in total. The summed E-state index contributed by atoms with van der Waals surface area (Å²) in [6.45, 7) is 3.68. The van der Waals surface area contributed by atoms with Crippen molar-refractivity contribution in [3.05, 3.63) is 32.5 Å². The highest BCUT2D eigenvalue weighted by molar-refractivity contribution is 7.11. The molecule has 0 radical (unpaired) electrons. The molecule has 0 aliphatic rings. The van der Waals surface area contributed by atoms with Crippen molar-refractivity contribution in [2.75, 3.05) is 7.05 Å². The molecule has 2 heterocycles. The zero-order chi connectivity index (χ0) is 14.0. The SMILES string of the molecule is Cc1ncsc1C(=O)N(C)C(C)Cc1noc(=O)[nH]1. The molecule has 0 aromatic carbocycles. The number of carbonyl (C=O) groups excluding carboxylic acids is 1. The Morgan fingerprint density at radius 1 is 1.63 bits per heavy atom. The molecule has 1 atom stereocenters. The van der Waals surface area contributed by atoms with Crippen molar-refractivity contribution in [1.29, 1.82) is 0 Å². The number of aromatic nitrogens is 3. The maximum absolute atomic E-state index is 12.2. The maximum Gasteiger partial charge on any atom is 0.438 e. The van der Waals surface area contributed by atoms with Gasteiger partial charge in [0.25, 0.3) is 5.91 Å². The first-order valence-electron chi connectivity index (χ1n) is 5.71. The van der Waals surface area contributed by atoms with Crippen LogP contribution in [0.1, 0.15) is 28.1 Å². The molecule has 0 spiro atoms. The van der Waals surface area contributed by atoms with Gasteiger partial charge >= 0.3 is 5.76 Å². The van der Waals surface area contributed by atoms with Crippen LogP contribution in [-0.4, -0.2) is 39.0 Å². The third-order valence-electron chi connectivity index (χ3n) is 2.90. The zero-order valence-corrected chi connectivity index (χ0v) is 11.7. The molecule has 2 aromatic heterocycles. The zero-order valence-electron chi connectivity index (χ0n) is 10.8. The van der Waals surface area contributed by atoms with Gasteiger partial charge in [-0.1, -0.05) is 5.16 Å². The normalized spacial score (nSPS) is 12.4. The minimum Gasteiger partial charge on any atom is -0.338 e. The van der Waals surface area contributed by atoms with Gasteiger partial charge in [0, 0.05) is 19.5 Å². The summed E-state index contributed by atoms with van der Waals surface area (Å²) in [4.78, 5) is 31.8. The molecule has 0 aliphatic heterocycles. The van der Waals surface area contributed by atoms with Gasteiger partial charge in [-0.15, -0.1) is 11.3 Å². The van der Waals surface area contributed by atoms with E-state index in [0.29, 0.717) is 17.1 Å². The number of H-pyrrole nitrogens is 1. The highest BCUT2D eigenvalue weighted by Crippen LogP contribution is 2.16. The Hall–Kier alpha value is -1.96. The quantitative estimate of drug-likeness (QED) is 0.896. The third kappa shape index (κ3) is 2.90. The van der Waals surface area contributed by atoms with Gasteiger partial charge in [-0.05, 0) is 13.8 Å². The summed E-state index contributed by atoms with van der Waals surface area (Å²) < 4.78 is 4.42. The highest BCUT2D eigenvalue weighted by atomic mass is 32.1. The van der Waals surface area contributed by atoms with Crippen LogP contribution in [-0.2, 0) is 6.42 Å². The molecule has 1 amide bonds. The van der Waals surface area contributed by atoms with Gasteiger partial charge in [-0.3, -0.25) is 14.3 Å². The van der Waals surface area contributed by atoms with Crippen molar-refractivity contribution < 1.29 is 9.32 Å². The summed E-state index contributed by atoms with van der Waals surface area (Å²) in [5.41, 5.74) is 2.37. The topological polar surface area (TPSA) is 92.1 Å². The van der Waals surface area contributed by atoms with Crippen molar-refractivity contribution in [2.24, 2.45) is 0 Å². The Kier molecular flexibility index (Phi) is 3.79. The Morgan fingerprint density at radius 2 is 2.37 bits per heavy atom. The van der Waals surface area contributed by atoms with Gasteiger partial charge < -0.3 is 4.90 Å². The predicted octanol–water partition coefficient (Wildman–Crippen LogP) is 0.831. The van der Waals surface area contributed by atoms with E-state index >= 15 is 0 Å². The summed E-state index contributed by atoms with van der Waals surface area (Å²) in [6.07, 6.45) is 0.422. The first-order chi connectivity index (χ1) is 8.99. The maximum atomic E-state index is 12.2. The van der Waals surface area contributed by atoms with Crippen LogP contribution >= 0.6 is 11.3 Å². The molecule has 2 rings (SSSR count). The molecule has 0 bridgehead atoms. The van der Waals surface area contributed by atoms with Gasteiger partial charge in [0.2, 0.25) is 0 Å². The van der Waals surface area contributed by atoms with Crippen LogP contribution < -0.4 is 5.76 Å². The number of nitrogens with zero attached hydrogens (tertiary/aromatic N) is 3. The first kappa shape index (κ1) is 13.5. The fourth-order valence-corrected chi connectivity index (χ4v) is 2.42. The van der Waals surface area contributed by atoms with E-state index in [9.17, 15) is 9.59 Å². The molecule has 2 aromatic rings. The second-order valence-electron chi connectivity index (χ2n) is 4.28. The van der Waals surface area contributed by atoms with E-state index < -0.39 is 5.76 Å². The monoisotopic (exact) mass is 282 g/mol. The lowest BCUT2D eigenvalue weighted by Gasteiger charge is -2.23. The number of likely N-dealkylation sites (N-methyl/N-ethyl adjacent to an activating group) is 1. The van der Waals surface area contributed by atoms with Gasteiger partial charge in [-0.25, -0.2) is 9.78 Å². The van der Waals surface area contributed by atoms with E-state index in [1.807, 2.05) is 6.92 Å². The molecule has 19 heavy (non-hydrogen) atoms. The van der Waals surface area contributed by atoms with Crippen LogP contribution in [0.25, 0.3) is 0 Å². The van der Waals surface area contributed by atoms with E-state index in [4.69, 9.17) is 0 Å². The summed E-state index contributed by atoms with van der Waals surface area (Å²) >= 11 is 1.32. The van der Waals surface area contributed by atoms with E-state index in [1.165, 1.54) is 11.3 Å². The molecule has 0 saturated carbocycles. The van der Waals surface area contributed by atoms with Crippen molar-refractivity contribution in [1.82, 2.24) is 20.0 Å². The average Bonchev–Trinajstić information content (AvgIpc) is 2.96. The number of aryl methyl sites for hydroxylation is 1. The lowest BCUT2D eigenvalue weighted by atomic mass is 10.2. The Morgan fingerprint density at radius 3 is 2.89 bits per heavy atom. The molecule has 1 unspecified atom stereocenters. The molecule has 102 valence electrons. The molecular formula is C11H14N4O3S. The minimum absolute atomic E-state index is 0.0849. The first-order valence-corrected chi connectivity index (χ1v) is 6.59. The number of nitrogens with one attached hydrogen (secondary N) is 1. The van der Waals surface area contributed by atoms with Crippen LogP contribution in [0.3, 0.4) is 0 Å². The van der Waals surface area contributed by atoms with Crippen LogP contribution in [0, 0.1) is 6.92 Å². The van der Waals surface area contributed by atoms with Gasteiger partial charge in [0.1, 0.15) is 4.88 Å². The largest absolute Gasteiger partial charge is 0.438 e. The van der Waals surface area contributed by atoms with Gasteiger partial charge in [-0.2, -0.15) is 0 Å². The Labute approximate surface area is 113 Å². The highest BCUT2D eigenvalue weighted by Gasteiger charge is 2.22. The standard InChI is InChI=1S/C11H14N4O3S/c1-6(4-8-13-11(17)18-14-8)15(3)10(16)9-7(2)12-5-19-9/h5-6H,4H2,1-3H3,(H,13,14,17). The van der Waals surface area contributed by atoms with Crippen LogP contribution in [0.15, 0.2) is 14.8 Å². The predicted molar refractivity (Wildman–Crippen MR) is 69.2 cm³/mol. The average molecular weight is 282 g/mol. The molecule has 0 aliphatic carbocycles. The van der Waals surface area contributed by atoms with Crippen LogP contribution in [0.4, 0.5) is 0 Å². The molecule has 0 fully saturated rings. The lowest BCUT2D eigenvalue weighted by molar-refractivity contribution is 0.0745. The molecule has 0 saturated heterocycles.